The van der Waals surface area contributed by atoms with Crippen molar-refractivity contribution in [3.63, 3.8) is 0 Å². The fraction of sp³-hybridized carbons (Fsp3) is 0.909. The van der Waals surface area contributed by atoms with Crippen molar-refractivity contribution in [2.45, 2.75) is 52.6 Å². The van der Waals surface area contributed by atoms with Crippen LogP contribution in [0.1, 0.15) is 46.5 Å². The van der Waals surface area contributed by atoms with Crippen molar-refractivity contribution in [2.75, 3.05) is 0 Å². The van der Waals surface area contributed by atoms with Gasteiger partial charge in [-0.2, -0.15) is 0 Å². The summed E-state index contributed by atoms with van der Waals surface area (Å²) in [7, 11) is 0. The van der Waals surface area contributed by atoms with Crippen LogP contribution in [0, 0.1) is 11.8 Å². The fourth-order valence-corrected chi connectivity index (χ4v) is 2.12. The molecule has 0 aromatic heterocycles. The van der Waals surface area contributed by atoms with Crippen LogP contribution in [0.5, 0.6) is 0 Å². The predicted octanol–water partition coefficient (Wildman–Crippen LogP) is 2.76. The van der Waals surface area contributed by atoms with E-state index in [0.29, 0.717) is 18.3 Å². The maximum atomic E-state index is 11.1. The van der Waals surface area contributed by atoms with Crippen LogP contribution in [0.15, 0.2) is 0 Å². The molecule has 0 spiro atoms. The lowest BCUT2D eigenvalue weighted by Crippen LogP contribution is -2.25. The molecule has 76 valence electrons. The summed E-state index contributed by atoms with van der Waals surface area (Å²) in [5.74, 6) is 1.19. The fourth-order valence-electron chi connectivity index (χ4n) is 2.12. The first kappa shape index (κ1) is 10.6. The second kappa shape index (κ2) is 4.64. The quantitative estimate of drug-likeness (QED) is 0.630. The number of carbonyl (C=O) groups excluding carboxylic acids is 1. The number of carbonyl (C=O) groups is 1. The van der Waals surface area contributed by atoms with Gasteiger partial charge in [0.05, 0.1) is 0 Å². The smallest absolute Gasteiger partial charge is 0.305 e. The number of rotatable bonds is 3. The van der Waals surface area contributed by atoms with Gasteiger partial charge in [0.2, 0.25) is 0 Å². The van der Waals surface area contributed by atoms with E-state index < -0.39 is 0 Å². The van der Waals surface area contributed by atoms with Crippen molar-refractivity contribution in [1.82, 2.24) is 0 Å². The number of ether oxygens (including phenoxy) is 1. The minimum Gasteiger partial charge on any atom is -0.462 e. The maximum Gasteiger partial charge on any atom is 0.305 e. The van der Waals surface area contributed by atoms with Crippen molar-refractivity contribution in [3.8, 4) is 0 Å². The first-order chi connectivity index (χ1) is 6.15. The average molecular weight is 184 g/mol. The first-order valence-electron chi connectivity index (χ1n) is 5.34. The van der Waals surface area contributed by atoms with Crippen LogP contribution >= 0.6 is 0 Å². The zero-order chi connectivity index (χ0) is 9.84. The Kier molecular flexibility index (Phi) is 3.76. The largest absolute Gasteiger partial charge is 0.462 e. The van der Waals surface area contributed by atoms with Gasteiger partial charge >= 0.3 is 5.97 Å². The Balaban J connectivity index is 2.44. The molecule has 0 radical (unpaired) electrons. The molecule has 2 atom stereocenters. The van der Waals surface area contributed by atoms with Gasteiger partial charge in [-0.3, -0.25) is 4.79 Å². The van der Waals surface area contributed by atoms with Gasteiger partial charge in [-0.25, -0.2) is 0 Å². The Labute approximate surface area is 80.7 Å². The maximum absolute atomic E-state index is 11.1. The third-order valence-electron chi connectivity index (χ3n) is 2.93. The molecule has 0 heterocycles. The summed E-state index contributed by atoms with van der Waals surface area (Å²) in [5.41, 5.74) is 0. The molecule has 0 bridgehead atoms. The standard InChI is InChI=1S/C11H20O2/c1-4-11(12)13-10-7-5-6-9(10)8(2)3/h8-10H,4-7H2,1-3H3/t9-,10+/m0/s1. The molecule has 1 saturated carbocycles. The molecule has 2 nitrogen and oxygen atoms in total. The van der Waals surface area contributed by atoms with Crippen LogP contribution in [-0.2, 0) is 9.53 Å². The molecule has 0 aromatic carbocycles. The molecule has 1 fully saturated rings. The van der Waals surface area contributed by atoms with E-state index in [1.165, 1.54) is 12.8 Å². The van der Waals surface area contributed by atoms with Crippen LogP contribution in [0.3, 0.4) is 0 Å². The monoisotopic (exact) mass is 184 g/mol. The summed E-state index contributed by atoms with van der Waals surface area (Å²) in [5, 5.41) is 0. The Morgan fingerprint density at radius 3 is 2.69 bits per heavy atom. The van der Waals surface area contributed by atoms with Gasteiger partial charge in [-0.05, 0) is 31.1 Å². The predicted molar refractivity (Wildman–Crippen MR) is 52.4 cm³/mol. The minimum atomic E-state index is -0.0439. The number of hydrogen-bond acceptors (Lipinski definition) is 2. The lowest BCUT2D eigenvalue weighted by Gasteiger charge is -2.22. The van der Waals surface area contributed by atoms with Crippen LogP contribution in [0.25, 0.3) is 0 Å². The molecular weight excluding hydrogens is 164 g/mol. The van der Waals surface area contributed by atoms with Gasteiger partial charge in [-0.15, -0.1) is 0 Å². The molecule has 1 aliphatic rings. The number of hydrogen-bond donors (Lipinski definition) is 0. The van der Waals surface area contributed by atoms with Gasteiger partial charge in [0, 0.05) is 6.42 Å². The molecule has 0 N–H and O–H groups in total. The summed E-state index contributed by atoms with van der Waals surface area (Å²) in [6, 6.07) is 0. The summed E-state index contributed by atoms with van der Waals surface area (Å²) in [6.07, 6.45) is 4.20. The molecular formula is C11H20O2. The molecule has 0 amide bonds. The van der Waals surface area contributed by atoms with E-state index in [1.54, 1.807) is 0 Å². The highest BCUT2D eigenvalue weighted by Gasteiger charge is 2.31. The van der Waals surface area contributed by atoms with Crippen LogP contribution in [-0.4, -0.2) is 12.1 Å². The molecule has 0 aliphatic heterocycles. The van der Waals surface area contributed by atoms with Gasteiger partial charge in [0.15, 0.2) is 0 Å². The van der Waals surface area contributed by atoms with E-state index in [9.17, 15) is 4.79 Å². The molecule has 0 aromatic rings. The zero-order valence-corrected chi connectivity index (χ0v) is 8.88. The molecule has 1 aliphatic carbocycles. The highest BCUT2D eigenvalue weighted by molar-refractivity contribution is 5.69. The van der Waals surface area contributed by atoms with Gasteiger partial charge in [0.25, 0.3) is 0 Å². The average Bonchev–Trinajstić information content (AvgIpc) is 2.52. The molecule has 2 heteroatoms. The third kappa shape index (κ3) is 2.71. The van der Waals surface area contributed by atoms with Crippen molar-refractivity contribution in [2.24, 2.45) is 11.8 Å². The van der Waals surface area contributed by atoms with Crippen molar-refractivity contribution >= 4 is 5.97 Å². The minimum absolute atomic E-state index is 0.0439. The summed E-state index contributed by atoms with van der Waals surface area (Å²) in [6.45, 7) is 6.27. The van der Waals surface area contributed by atoms with Gasteiger partial charge < -0.3 is 4.74 Å². The summed E-state index contributed by atoms with van der Waals surface area (Å²) < 4.78 is 5.40. The van der Waals surface area contributed by atoms with Crippen LogP contribution in [0.2, 0.25) is 0 Å². The lowest BCUT2D eigenvalue weighted by molar-refractivity contribution is -0.151. The topological polar surface area (TPSA) is 26.3 Å². The van der Waals surface area contributed by atoms with E-state index in [2.05, 4.69) is 13.8 Å². The highest BCUT2D eigenvalue weighted by Crippen LogP contribution is 2.33. The Hall–Kier alpha value is -0.530. The van der Waals surface area contributed by atoms with E-state index in [4.69, 9.17) is 4.74 Å². The van der Waals surface area contributed by atoms with Crippen molar-refractivity contribution < 1.29 is 9.53 Å². The first-order valence-corrected chi connectivity index (χ1v) is 5.34. The molecule has 0 unspecified atom stereocenters. The van der Waals surface area contributed by atoms with Crippen molar-refractivity contribution in [3.05, 3.63) is 0 Å². The molecule has 0 saturated heterocycles. The summed E-state index contributed by atoms with van der Waals surface area (Å²) >= 11 is 0. The Bertz CT molecular complexity index is 175. The highest BCUT2D eigenvalue weighted by atomic mass is 16.5. The van der Waals surface area contributed by atoms with E-state index in [-0.39, 0.29) is 12.1 Å². The van der Waals surface area contributed by atoms with E-state index in [1.807, 2.05) is 6.92 Å². The molecule has 1 rings (SSSR count). The van der Waals surface area contributed by atoms with Gasteiger partial charge in [-0.1, -0.05) is 20.8 Å². The van der Waals surface area contributed by atoms with Crippen LogP contribution < -0.4 is 0 Å². The molecule has 13 heavy (non-hydrogen) atoms. The van der Waals surface area contributed by atoms with Gasteiger partial charge in [0.1, 0.15) is 6.10 Å². The third-order valence-corrected chi connectivity index (χ3v) is 2.93. The number of esters is 1. The second-order valence-corrected chi connectivity index (χ2v) is 4.22. The Morgan fingerprint density at radius 1 is 1.46 bits per heavy atom. The zero-order valence-electron chi connectivity index (χ0n) is 8.88. The normalized spacial score (nSPS) is 28.0. The summed E-state index contributed by atoms with van der Waals surface area (Å²) in [4.78, 5) is 11.1. The van der Waals surface area contributed by atoms with E-state index in [0.717, 1.165) is 6.42 Å². The Morgan fingerprint density at radius 2 is 2.15 bits per heavy atom. The second-order valence-electron chi connectivity index (χ2n) is 4.22. The lowest BCUT2D eigenvalue weighted by atomic mass is 9.92. The van der Waals surface area contributed by atoms with Crippen LogP contribution in [0.4, 0.5) is 0 Å². The SMILES string of the molecule is CCC(=O)O[C@@H]1CCC[C@H]1C(C)C. The van der Waals surface area contributed by atoms with Crippen molar-refractivity contribution in [1.29, 1.82) is 0 Å². The van der Waals surface area contributed by atoms with E-state index >= 15 is 0 Å².